The molecule has 4 unspecified atom stereocenters. The molecule has 27 heavy (non-hydrogen) atoms. The Morgan fingerprint density at radius 1 is 0.556 bits per heavy atom. The van der Waals surface area contributed by atoms with E-state index in [4.69, 9.17) is 0 Å². The summed E-state index contributed by atoms with van der Waals surface area (Å²) in [5.41, 5.74) is 3.71. The van der Waals surface area contributed by atoms with Gasteiger partial charge in [-0.05, 0) is 69.5 Å². The lowest BCUT2D eigenvalue weighted by atomic mass is 10.0. The SMILES string of the molecule is CC(O)N(c1ccc(Cc2ccc(N(C(C)O)C(C)O)cc2)cc1)C(C)O. The Hall–Kier alpha value is -2.12. The molecule has 0 aliphatic carbocycles. The fourth-order valence-electron chi connectivity index (χ4n) is 3.29. The van der Waals surface area contributed by atoms with Crippen molar-refractivity contribution in [2.24, 2.45) is 0 Å². The summed E-state index contributed by atoms with van der Waals surface area (Å²) < 4.78 is 0. The Morgan fingerprint density at radius 3 is 1.04 bits per heavy atom. The first-order chi connectivity index (χ1) is 12.7. The van der Waals surface area contributed by atoms with E-state index in [-0.39, 0.29) is 0 Å². The van der Waals surface area contributed by atoms with Gasteiger partial charge in [-0.25, -0.2) is 0 Å². The van der Waals surface area contributed by atoms with Crippen LogP contribution in [-0.2, 0) is 6.42 Å². The monoisotopic (exact) mass is 374 g/mol. The van der Waals surface area contributed by atoms with Crippen molar-refractivity contribution in [3.05, 3.63) is 59.7 Å². The molecule has 0 radical (unpaired) electrons. The molecule has 6 nitrogen and oxygen atoms in total. The second kappa shape index (κ2) is 9.19. The zero-order valence-corrected chi connectivity index (χ0v) is 16.3. The number of benzene rings is 2. The van der Waals surface area contributed by atoms with Gasteiger partial charge in [0.1, 0.15) is 24.9 Å². The van der Waals surface area contributed by atoms with Gasteiger partial charge in [-0.2, -0.15) is 0 Å². The summed E-state index contributed by atoms with van der Waals surface area (Å²) in [4.78, 5) is 3.05. The molecule has 0 spiro atoms. The average molecular weight is 374 g/mol. The second-order valence-corrected chi connectivity index (χ2v) is 6.85. The molecule has 0 fully saturated rings. The summed E-state index contributed by atoms with van der Waals surface area (Å²) in [6.07, 6.45) is -2.40. The van der Waals surface area contributed by atoms with E-state index in [1.807, 2.05) is 48.5 Å². The first-order valence-electron chi connectivity index (χ1n) is 9.17. The maximum absolute atomic E-state index is 9.82. The molecule has 0 aliphatic rings. The van der Waals surface area contributed by atoms with E-state index in [1.165, 1.54) is 9.80 Å². The highest BCUT2D eigenvalue weighted by Crippen LogP contribution is 2.23. The maximum Gasteiger partial charge on any atom is 0.126 e. The highest BCUT2D eigenvalue weighted by molar-refractivity contribution is 5.51. The zero-order valence-electron chi connectivity index (χ0n) is 16.3. The summed E-state index contributed by atoms with van der Waals surface area (Å²) in [6.45, 7) is 6.47. The maximum atomic E-state index is 9.82. The molecule has 2 aromatic carbocycles. The Labute approximate surface area is 160 Å². The predicted octanol–water partition coefficient (Wildman–Crippen LogP) is 2.24. The van der Waals surface area contributed by atoms with Gasteiger partial charge in [0.15, 0.2) is 0 Å². The quantitative estimate of drug-likeness (QED) is 0.530. The van der Waals surface area contributed by atoms with Gasteiger partial charge in [0.2, 0.25) is 0 Å². The van der Waals surface area contributed by atoms with Crippen molar-refractivity contribution in [2.75, 3.05) is 9.80 Å². The van der Waals surface area contributed by atoms with Crippen molar-refractivity contribution in [1.29, 1.82) is 0 Å². The van der Waals surface area contributed by atoms with Crippen molar-refractivity contribution in [3.8, 4) is 0 Å². The lowest BCUT2D eigenvalue weighted by molar-refractivity contribution is 0.104. The number of aliphatic hydroxyl groups excluding tert-OH is 4. The molecule has 0 aromatic heterocycles. The van der Waals surface area contributed by atoms with Crippen LogP contribution in [0.3, 0.4) is 0 Å². The summed E-state index contributed by atoms with van der Waals surface area (Å²) in [5.74, 6) is 0. The minimum Gasteiger partial charge on any atom is -0.374 e. The van der Waals surface area contributed by atoms with Crippen LogP contribution in [0.15, 0.2) is 48.5 Å². The Kier molecular flexibility index (Phi) is 7.21. The third-order valence-corrected chi connectivity index (χ3v) is 4.49. The number of anilines is 2. The van der Waals surface area contributed by atoms with Gasteiger partial charge < -0.3 is 30.2 Å². The van der Waals surface area contributed by atoms with Gasteiger partial charge in [0, 0.05) is 11.4 Å². The van der Waals surface area contributed by atoms with Gasteiger partial charge in [0.05, 0.1) is 0 Å². The molecule has 148 valence electrons. The van der Waals surface area contributed by atoms with Crippen LogP contribution in [0.2, 0.25) is 0 Å². The topological polar surface area (TPSA) is 87.4 Å². The van der Waals surface area contributed by atoms with E-state index in [0.717, 1.165) is 28.9 Å². The van der Waals surface area contributed by atoms with Gasteiger partial charge in [-0.3, -0.25) is 0 Å². The molecule has 0 saturated carbocycles. The van der Waals surface area contributed by atoms with Crippen molar-refractivity contribution in [3.63, 3.8) is 0 Å². The zero-order chi connectivity index (χ0) is 20.1. The molecule has 0 bridgehead atoms. The largest absolute Gasteiger partial charge is 0.374 e. The smallest absolute Gasteiger partial charge is 0.126 e. The highest BCUT2D eigenvalue weighted by Gasteiger charge is 2.17. The number of hydrogen-bond acceptors (Lipinski definition) is 6. The lowest BCUT2D eigenvalue weighted by Gasteiger charge is -2.30. The average Bonchev–Trinajstić information content (AvgIpc) is 2.57. The second-order valence-electron chi connectivity index (χ2n) is 6.85. The molecular weight excluding hydrogens is 344 g/mol. The fraction of sp³-hybridized carbons (Fsp3) is 0.429. The summed E-state index contributed by atoms with van der Waals surface area (Å²) >= 11 is 0. The minimum atomic E-state index is -0.783. The minimum absolute atomic E-state index is 0.729. The Bertz CT molecular complexity index is 620. The standard InChI is InChI=1S/C21H30N2O4/c1-14(24)22(15(2)25)20-9-5-18(6-10-20)13-19-7-11-21(12-8-19)23(16(3)26)17(4)27/h5-12,14-17,24-27H,13H2,1-4H3. The van der Waals surface area contributed by atoms with Crippen LogP contribution >= 0.6 is 0 Å². The van der Waals surface area contributed by atoms with Crippen LogP contribution in [0.1, 0.15) is 38.8 Å². The lowest BCUT2D eigenvalue weighted by Crippen LogP contribution is -2.40. The van der Waals surface area contributed by atoms with E-state index in [9.17, 15) is 20.4 Å². The Balaban J connectivity index is 2.11. The number of hydrogen-bond donors (Lipinski definition) is 4. The number of aliphatic hydroxyl groups is 4. The summed E-state index contributed by atoms with van der Waals surface area (Å²) in [6, 6.07) is 15.4. The van der Waals surface area contributed by atoms with Gasteiger partial charge in [-0.1, -0.05) is 24.3 Å². The van der Waals surface area contributed by atoms with E-state index >= 15 is 0 Å². The van der Waals surface area contributed by atoms with E-state index in [2.05, 4.69) is 0 Å². The van der Waals surface area contributed by atoms with Crippen LogP contribution in [0.25, 0.3) is 0 Å². The summed E-state index contributed by atoms with van der Waals surface area (Å²) in [7, 11) is 0. The molecule has 0 aliphatic heterocycles. The van der Waals surface area contributed by atoms with Crippen molar-refractivity contribution in [2.45, 2.75) is 59.0 Å². The molecule has 6 heteroatoms. The molecule has 2 rings (SSSR count). The first-order valence-corrected chi connectivity index (χ1v) is 9.17. The van der Waals surface area contributed by atoms with Gasteiger partial charge >= 0.3 is 0 Å². The number of rotatable bonds is 8. The van der Waals surface area contributed by atoms with Crippen molar-refractivity contribution >= 4 is 11.4 Å². The first kappa shape index (κ1) is 21.2. The predicted molar refractivity (Wildman–Crippen MR) is 107 cm³/mol. The van der Waals surface area contributed by atoms with Crippen molar-refractivity contribution < 1.29 is 20.4 Å². The van der Waals surface area contributed by atoms with Crippen LogP contribution in [0.4, 0.5) is 11.4 Å². The van der Waals surface area contributed by atoms with Gasteiger partial charge in [0.25, 0.3) is 0 Å². The normalized spacial score (nSPS) is 15.7. The molecule has 0 amide bonds. The highest BCUT2D eigenvalue weighted by atomic mass is 16.3. The van der Waals surface area contributed by atoms with Crippen molar-refractivity contribution in [1.82, 2.24) is 0 Å². The summed E-state index contributed by atoms with van der Waals surface area (Å²) in [5, 5.41) is 39.3. The Morgan fingerprint density at radius 2 is 0.815 bits per heavy atom. The molecule has 2 aromatic rings. The van der Waals surface area contributed by atoms with Crippen LogP contribution in [-0.4, -0.2) is 45.3 Å². The molecule has 4 N–H and O–H groups in total. The number of nitrogens with zero attached hydrogens (tertiary/aromatic N) is 2. The van der Waals surface area contributed by atoms with Crippen LogP contribution < -0.4 is 9.80 Å². The third kappa shape index (κ3) is 5.43. The van der Waals surface area contributed by atoms with E-state index < -0.39 is 24.9 Å². The van der Waals surface area contributed by atoms with Crippen LogP contribution in [0, 0.1) is 0 Å². The van der Waals surface area contributed by atoms with E-state index in [0.29, 0.717) is 0 Å². The molecule has 0 heterocycles. The van der Waals surface area contributed by atoms with Gasteiger partial charge in [-0.15, -0.1) is 0 Å². The molecule has 0 saturated heterocycles. The van der Waals surface area contributed by atoms with Crippen LogP contribution in [0.5, 0.6) is 0 Å². The molecular formula is C21H30N2O4. The fourth-order valence-corrected chi connectivity index (χ4v) is 3.29. The van der Waals surface area contributed by atoms with E-state index in [1.54, 1.807) is 27.7 Å². The third-order valence-electron chi connectivity index (χ3n) is 4.49. The molecule has 4 atom stereocenters.